The lowest BCUT2D eigenvalue weighted by Gasteiger charge is -2.14. The zero-order chi connectivity index (χ0) is 13.1. The van der Waals surface area contributed by atoms with Gasteiger partial charge in [-0.15, -0.1) is 0 Å². The van der Waals surface area contributed by atoms with Crippen LogP contribution in [0.1, 0.15) is 31.5 Å². The quantitative estimate of drug-likeness (QED) is 0.886. The monoisotopic (exact) mass is 246 g/mol. The molecule has 0 aliphatic heterocycles. The first-order valence-corrected chi connectivity index (χ1v) is 5.56. The summed E-state index contributed by atoms with van der Waals surface area (Å²) >= 11 is 0. The highest BCUT2D eigenvalue weighted by Crippen LogP contribution is 2.29. The van der Waals surface area contributed by atoms with Crippen LogP contribution in [0.25, 0.3) is 0 Å². The molecular formula is C12H17F3N2. The van der Waals surface area contributed by atoms with Crippen molar-refractivity contribution in [1.82, 2.24) is 4.98 Å². The van der Waals surface area contributed by atoms with Gasteiger partial charge in [0.2, 0.25) is 0 Å². The Labute approximate surface area is 99.0 Å². The lowest BCUT2D eigenvalue weighted by atomic mass is 10.00. The smallest absolute Gasteiger partial charge is 0.327 e. The second-order valence-corrected chi connectivity index (χ2v) is 4.63. The molecule has 1 unspecified atom stereocenters. The van der Waals surface area contributed by atoms with Crippen molar-refractivity contribution in [3.05, 3.63) is 29.6 Å². The van der Waals surface area contributed by atoms with E-state index in [-0.39, 0.29) is 6.04 Å². The molecule has 0 amide bonds. The zero-order valence-corrected chi connectivity index (χ0v) is 9.96. The van der Waals surface area contributed by atoms with E-state index in [4.69, 9.17) is 5.73 Å². The lowest BCUT2D eigenvalue weighted by molar-refractivity contribution is -0.137. The van der Waals surface area contributed by atoms with Crippen molar-refractivity contribution >= 4 is 0 Å². The fourth-order valence-corrected chi connectivity index (χ4v) is 1.72. The summed E-state index contributed by atoms with van der Waals surface area (Å²) in [5, 5.41) is 0. The summed E-state index contributed by atoms with van der Waals surface area (Å²) in [5.41, 5.74) is 5.57. The van der Waals surface area contributed by atoms with Crippen LogP contribution >= 0.6 is 0 Å². The molecule has 1 atom stereocenters. The maximum Gasteiger partial charge on any atom is 0.416 e. The predicted octanol–water partition coefficient (Wildman–Crippen LogP) is 3.02. The van der Waals surface area contributed by atoms with E-state index >= 15 is 0 Å². The molecule has 2 N–H and O–H groups in total. The number of rotatable bonds is 4. The largest absolute Gasteiger partial charge is 0.416 e. The van der Waals surface area contributed by atoms with Crippen molar-refractivity contribution in [3.8, 4) is 0 Å². The standard InChI is InChI=1S/C12H17F3N2/c1-8(2)5-10(16)7-11-6-9(3-4-17-11)12(13,14)15/h3-4,6,8,10H,5,7,16H2,1-2H3. The van der Waals surface area contributed by atoms with Gasteiger partial charge >= 0.3 is 6.18 Å². The number of hydrogen-bond acceptors (Lipinski definition) is 2. The molecule has 0 aromatic carbocycles. The number of alkyl halides is 3. The molecule has 0 aliphatic rings. The molecule has 1 aromatic rings. The molecular weight excluding hydrogens is 229 g/mol. The summed E-state index contributed by atoms with van der Waals surface area (Å²) in [6.45, 7) is 4.05. The van der Waals surface area contributed by atoms with Crippen LogP contribution in [0.2, 0.25) is 0 Å². The Kier molecular flexibility index (Phi) is 4.51. The first-order chi connectivity index (χ1) is 7.79. The molecule has 1 heterocycles. The third-order valence-electron chi connectivity index (χ3n) is 2.39. The zero-order valence-electron chi connectivity index (χ0n) is 9.96. The maximum atomic E-state index is 12.5. The van der Waals surface area contributed by atoms with Crippen LogP contribution < -0.4 is 5.73 Å². The van der Waals surface area contributed by atoms with Crippen LogP contribution in [0.15, 0.2) is 18.3 Å². The van der Waals surface area contributed by atoms with Crippen molar-refractivity contribution in [1.29, 1.82) is 0 Å². The average Bonchev–Trinajstić information content (AvgIpc) is 2.15. The molecule has 0 bridgehead atoms. The SMILES string of the molecule is CC(C)CC(N)Cc1cc(C(F)(F)F)ccn1. The van der Waals surface area contributed by atoms with Crippen LogP contribution in [-0.2, 0) is 12.6 Å². The Morgan fingerprint density at radius 1 is 1.35 bits per heavy atom. The third-order valence-corrected chi connectivity index (χ3v) is 2.39. The van der Waals surface area contributed by atoms with E-state index in [1.807, 2.05) is 13.8 Å². The number of nitrogens with two attached hydrogens (primary N) is 1. The average molecular weight is 246 g/mol. The maximum absolute atomic E-state index is 12.5. The molecule has 2 nitrogen and oxygen atoms in total. The summed E-state index contributed by atoms with van der Waals surface area (Å²) < 4.78 is 37.4. The van der Waals surface area contributed by atoms with Gasteiger partial charge in [0.05, 0.1) is 5.56 Å². The van der Waals surface area contributed by atoms with Gasteiger partial charge in [0.25, 0.3) is 0 Å². The Morgan fingerprint density at radius 3 is 2.53 bits per heavy atom. The molecule has 0 fully saturated rings. The molecule has 0 spiro atoms. The van der Waals surface area contributed by atoms with E-state index in [2.05, 4.69) is 4.98 Å². The van der Waals surface area contributed by atoms with Crippen molar-refractivity contribution < 1.29 is 13.2 Å². The van der Waals surface area contributed by atoms with Crippen LogP contribution in [0, 0.1) is 5.92 Å². The summed E-state index contributed by atoms with van der Waals surface area (Å²) in [6.07, 6.45) is -1.99. The van der Waals surface area contributed by atoms with E-state index in [9.17, 15) is 13.2 Å². The van der Waals surface area contributed by atoms with Gasteiger partial charge in [-0.3, -0.25) is 4.98 Å². The van der Waals surface area contributed by atoms with Crippen LogP contribution in [0.3, 0.4) is 0 Å². The first-order valence-electron chi connectivity index (χ1n) is 5.56. The molecule has 96 valence electrons. The van der Waals surface area contributed by atoms with E-state index in [0.29, 0.717) is 18.0 Å². The van der Waals surface area contributed by atoms with Gasteiger partial charge < -0.3 is 5.73 Å². The van der Waals surface area contributed by atoms with Crippen molar-refractivity contribution in [2.45, 2.75) is 38.9 Å². The minimum Gasteiger partial charge on any atom is -0.327 e. The summed E-state index contributed by atoms with van der Waals surface area (Å²) in [5.74, 6) is 0.427. The Morgan fingerprint density at radius 2 is 2.00 bits per heavy atom. The molecule has 0 saturated carbocycles. The predicted molar refractivity (Wildman–Crippen MR) is 60.4 cm³/mol. The Hall–Kier alpha value is -1.10. The topological polar surface area (TPSA) is 38.9 Å². The van der Waals surface area contributed by atoms with E-state index in [0.717, 1.165) is 18.6 Å². The van der Waals surface area contributed by atoms with Gasteiger partial charge in [0.1, 0.15) is 0 Å². The number of nitrogens with zero attached hydrogens (tertiary/aromatic N) is 1. The van der Waals surface area contributed by atoms with Crippen molar-refractivity contribution in [2.75, 3.05) is 0 Å². The van der Waals surface area contributed by atoms with E-state index < -0.39 is 11.7 Å². The van der Waals surface area contributed by atoms with E-state index in [1.54, 1.807) is 0 Å². The molecule has 0 aliphatic carbocycles. The fraction of sp³-hybridized carbons (Fsp3) is 0.583. The second kappa shape index (κ2) is 5.49. The van der Waals surface area contributed by atoms with Gasteiger partial charge in [-0.2, -0.15) is 13.2 Å². The summed E-state index contributed by atoms with van der Waals surface area (Å²) in [6, 6.07) is 1.89. The third kappa shape index (κ3) is 4.73. The summed E-state index contributed by atoms with van der Waals surface area (Å²) in [7, 11) is 0. The Bertz CT molecular complexity index is 361. The minimum atomic E-state index is -4.32. The van der Waals surface area contributed by atoms with Gasteiger partial charge in [-0.25, -0.2) is 0 Å². The number of hydrogen-bond donors (Lipinski definition) is 1. The van der Waals surface area contributed by atoms with Crippen molar-refractivity contribution in [2.24, 2.45) is 11.7 Å². The highest BCUT2D eigenvalue weighted by molar-refractivity contribution is 5.19. The molecule has 5 heteroatoms. The molecule has 0 saturated heterocycles. The first kappa shape index (κ1) is 14.0. The van der Waals surface area contributed by atoms with Gasteiger partial charge in [-0.05, 0) is 24.5 Å². The Balaban J connectivity index is 2.72. The van der Waals surface area contributed by atoms with Crippen LogP contribution in [-0.4, -0.2) is 11.0 Å². The highest BCUT2D eigenvalue weighted by Gasteiger charge is 2.30. The lowest BCUT2D eigenvalue weighted by Crippen LogP contribution is -2.25. The van der Waals surface area contributed by atoms with Gasteiger partial charge in [-0.1, -0.05) is 13.8 Å². The van der Waals surface area contributed by atoms with Crippen LogP contribution in [0.5, 0.6) is 0 Å². The molecule has 17 heavy (non-hydrogen) atoms. The molecule has 1 rings (SSSR count). The highest BCUT2D eigenvalue weighted by atomic mass is 19.4. The van der Waals surface area contributed by atoms with Crippen molar-refractivity contribution in [3.63, 3.8) is 0 Å². The fourth-order valence-electron chi connectivity index (χ4n) is 1.72. The minimum absolute atomic E-state index is 0.147. The number of aromatic nitrogens is 1. The van der Waals surface area contributed by atoms with Gasteiger partial charge in [0, 0.05) is 24.4 Å². The van der Waals surface area contributed by atoms with Gasteiger partial charge in [0.15, 0.2) is 0 Å². The number of pyridine rings is 1. The van der Waals surface area contributed by atoms with Crippen LogP contribution in [0.4, 0.5) is 13.2 Å². The summed E-state index contributed by atoms with van der Waals surface area (Å²) in [4.78, 5) is 3.92. The normalized spacial score (nSPS) is 14.1. The second-order valence-electron chi connectivity index (χ2n) is 4.63. The number of halogens is 3. The van der Waals surface area contributed by atoms with E-state index in [1.165, 1.54) is 6.20 Å². The molecule has 0 radical (unpaired) electrons. The molecule has 1 aromatic heterocycles.